The van der Waals surface area contributed by atoms with Crippen molar-refractivity contribution in [1.29, 1.82) is 0 Å². The van der Waals surface area contributed by atoms with Gasteiger partial charge in [0.05, 0.1) is 22.5 Å². The molecule has 24 heavy (non-hydrogen) atoms. The molecule has 7 heteroatoms. The first-order valence-corrected chi connectivity index (χ1v) is 8.45. The van der Waals surface area contributed by atoms with Gasteiger partial charge in [-0.05, 0) is 44.8 Å². The van der Waals surface area contributed by atoms with E-state index in [1.165, 1.54) is 0 Å². The summed E-state index contributed by atoms with van der Waals surface area (Å²) < 4.78 is 12.1. The molecule has 0 aromatic heterocycles. The topological polar surface area (TPSA) is 64.6 Å². The lowest BCUT2D eigenvalue weighted by Crippen LogP contribution is -2.41. The van der Waals surface area contributed by atoms with Crippen molar-refractivity contribution in [2.75, 3.05) is 11.1 Å². The summed E-state index contributed by atoms with van der Waals surface area (Å²) in [5.74, 6) is -0.714. The highest BCUT2D eigenvalue weighted by Crippen LogP contribution is 2.39. The summed E-state index contributed by atoms with van der Waals surface area (Å²) in [6.07, 6.45) is 1.83. The zero-order chi connectivity index (χ0) is 17.7. The van der Waals surface area contributed by atoms with E-state index in [1.54, 1.807) is 18.2 Å². The van der Waals surface area contributed by atoms with Crippen molar-refractivity contribution in [2.45, 2.75) is 38.9 Å². The Morgan fingerprint density at radius 2 is 1.83 bits per heavy atom. The predicted molar refractivity (Wildman–Crippen MR) is 97.3 cm³/mol. The molecule has 2 aliphatic rings. The molecule has 2 aliphatic heterocycles. The van der Waals surface area contributed by atoms with Crippen LogP contribution in [-0.4, -0.2) is 35.8 Å². The van der Waals surface area contributed by atoms with Gasteiger partial charge >= 0.3 is 7.12 Å². The number of nitrogens with one attached hydrogen (secondary N) is 1. The molecule has 0 aliphatic carbocycles. The second-order valence-corrected chi connectivity index (χ2v) is 7.33. The Morgan fingerprint density at radius 1 is 1.21 bits per heavy atom. The van der Waals surface area contributed by atoms with Crippen LogP contribution in [0.5, 0.6) is 0 Å². The summed E-state index contributed by atoms with van der Waals surface area (Å²) >= 11 is 4.38. The van der Waals surface area contributed by atoms with Crippen LogP contribution in [0.3, 0.4) is 0 Å². The molecule has 126 valence electrons. The van der Waals surface area contributed by atoms with Crippen molar-refractivity contribution in [3.63, 3.8) is 0 Å². The third-order valence-corrected chi connectivity index (χ3v) is 5.22. The number of carbonyl (C=O) groups excluding carboxylic acids is 2. The van der Waals surface area contributed by atoms with E-state index in [4.69, 9.17) is 9.31 Å². The monoisotopic (exact) mass is 345 g/mol. The van der Waals surface area contributed by atoms with Crippen LogP contribution in [-0.2, 0) is 14.1 Å². The van der Waals surface area contributed by atoms with Crippen LogP contribution in [0.4, 0.5) is 5.69 Å². The van der Waals surface area contributed by atoms with E-state index in [9.17, 15) is 9.59 Å². The summed E-state index contributed by atoms with van der Waals surface area (Å²) in [7, 11) is -0.538. The quantitative estimate of drug-likeness (QED) is 0.502. The summed E-state index contributed by atoms with van der Waals surface area (Å²) in [5.41, 5.74) is 1.48. The molecule has 1 saturated heterocycles. The number of anilines is 1. The van der Waals surface area contributed by atoms with E-state index >= 15 is 0 Å². The van der Waals surface area contributed by atoms with Gasteiger partial charge in [0.1, 0.15) is 0 Å². The van der Waals surface area contributed by atoms with Gasteiger partial charge in [0.15, 0.2) is 0 Å². The molecule has 2 heterocycles. The van der Waals surface area contributed by atoms with E-state index < -0.39 is 30.0 Å². The van der Waals surface area contributed by atoms with Gasteiger partial charge in [-0.2, -0.15) is 12.6 Å². The lowest BCUT2D eigenvalue weighted by atomic mass is 9.78. The fraction of sp³-hybridized carbons (Fsp3) is 0.412. The molecule has 5 nitrogen and oxygen atoms in total. The number of Topliss-reactive ketones (excluding diaryl/α,β-unsaturated/α-hetero) is 1. The molecule has 1 N–H and O–H groups in total. The molecule has 1 aromatic rings. The minimum atomic E-state index is -0.603. The van der Waals surface area contributed by atoms with Crippen LogP contribution in [0.1, 0.15) is 43.6 Å². The zero-order valence-electron chi connectivity index (χ0n) is 14.2. The maximum atomic E-state index is 12.1. The minimum absolute atomic E-state index is 0.387. The first-order valence-electron chi connectivity index (χ1n) is 7.82. The summed E-state index contributed by atoms with van der Waals surface area (Å²) in [6.45, 7) is 7.93. The van der Waals surface area contributed by atoms with Crippen LogP contribution in [0, 0.1) is 0 Å². The normalized spacial score (nSPS) is 21.9. The largest absolute Gasteiger partial charge is 0.491 e. The van der Waals surface area contributed by atoms with Crippen molar-refractivity contribution in [3.8, 4) is 0 Å². The first-order chi connectivity index (χ1) is 11.2. The Hall–Kier alpha value is -1.57. The fourth-order valence-electron chi connectivity index (χ4n) is 2.72. The molecule has 1 fully saturated rings. The van der Waals surface area contributed by atoms with Gasteiger partial charge in [0.2, 0.25) is 0 Å². The Balaban J connectivity index is 1.99. The highest BCUT2D eigenvalue weighted by Gasteiger charge is 2.52. The van der Waals surface area contributed by atoms with Crippen LogP contribution in [0.25, 0.3) is 6.08 Å². The van der Waals surface area contributed by atoms with Gasteiger partial charge in [-0.15, -0.1) is 0 Å². The third-order valence-electron chi connectivity index (χ3n) is 4.86. The van der Waals surface area contributed by atoms with Crippen LogP contribution < -0.4 is 5.32 Å². The Morgan fingerprint density at radius 3 is 2.42 bits per heavy atom. The second-order valence-electron chi connectivity index (χ2n) is 7.02. The molecule has 1 amide bonds. The summed E-state index contributed by atoms with van der Waals surface area (Å²) in [4.78, 5) is 23.7. The van der Waals surface area contributed by atoms with E-state index in [1.807, 2.05) is 33.8 Å². The van der Waals surface area contributed by atoms with Gasteiger partial charge < -0.3 is 14.6 Å². The van der Waals surface area contributed by atoms with E-state index in [2.05, 4.69) is 17.9 Å². The average Bonchev–Trinajstić information content (AvgIpc) is 2.90. The molecule has 0 bridgehead atoms. The average molecular weight is 345 g/mol. The van der Waals surface area contributed by atoms with Gasteiger partial charge in [-0.3, -0.25) is 9.59 Å². The molecule has 0 atom stereocenters. The van der Waals surface area contributed by atoms with E-state index in [0.29, 0.717) is 22.6 Å². The molecular weight excluding hydrogens is 325 g/mol. The number of amides is 1. The standard InChI is InChI=1S/C17H20BNO4S/c1-16(2)17(3,4)23-18(22-16)11(9-24)8-10-6-5-7-12-13(10)14(20)15(21)19-12/h5-8,24H,9H2,1-4H3,(H,19,20,21). The SMILES string of the molecule is CC1(C)OB(C(=Cc2cccc3c2C(=O)C(=O)N3)CS)OC1(C)C. The maximum Gasteiger partial charge on any atom is 0.491 e. The highest BCUT2D eigenvalue weighted by atomic mass is 32.1. The lowest BCUT2D eigenvalue weighted by molar-refractivity contribution is -0.112. The molecular formula is C17H20BNO4S. The molecule has 0 spiro atoms. The van der Waals surface area contributed by atoms with Gasteiger partial charge in [0.25, 0.3) is 11.7 Å². The number of thiol groups is 1. The molecule has 3 rings (SSSR count). The Kier molecular flexibility index (Phi) is 4.14. The second kappa shape index (κ2) is 5.76. The number of ketones is 1. The zero-order valence-corrected chi connectivity index (χ0v) is 15.1. The number of hydrogen-bond acceptors (Lipinski definition) is 5. The first kappa shape index (κ1) is 17.3. The number of hydrogen-bond donors (Lipinski definition) is 2. The van der Waals surface area contributed by atoms with Crippen LogP contribution >= 0.6 is 12.6 Å². The minimum Gasteiger partial charge on any atom is -0.400 e. The van der Waals surface area contributed by atoms with Gasteiger partial charge in [0, 0.05) is 5.75 Å². The lowest BCUT2D eigenvalue weighted by Gasteiger charge is -2.32. The smallest absolute Gasteiger partial charge is 0.400 e. The van der Waals surface area contributed by atoms with Crippen molar-refractivity contribution in [3.05, 3.63) is 34.8 Å². The number of fused-ring (bicyclic) bond motifs is 1. The maximum absolute atomic E-state index is 12.1. The van der Waals surface area contributed by atoms with Crippen LogP contribution in [0.15, 0.2) is 23.7 Å². The van der Waals surface area contributed by atoms with Crippen molar-refractivity contribution >= 4 is 43.2 Å². The van der Waals surface area contributed by atoms with E-state index in [0.717, 1.165) is 5.47 Å². The third kappa shape index (κ3) is 2.70. The fourth-order valence-corrected chi connectivity index (χ4v) is 2.96. The number of benzene rings is 1. The van der Waals surface area contributed by atoms with Crippen molar-refractivity contribution in [2.24, 2.45) is 0 Å². The molecule has 0 saturated carbocycles. The number of rotatable bonds is 3. The summed E-state index contributed by atoms with van der Waals surface area (Å²) in [6, 6.07) is 5.31. The highest BCUT2D eigenvalue weighted by molar-refractivity contribution is 7.80. The molecule has 1 aromatic carbocycles. The van der Waals surface area contributed by atoms with Gasteiger partial charge in [-0.25, -0.2) is 0 Å². The van der Waals surface area contributed by atoms with E-state index in [-0.39, 0.29) is 0 Å². The van der Waals surface area contributed by atoms with Gasteiger partial charge in [-0.1, -0.05) is 18.2 Å². The number of carbonyl (C=O) groups is 2. The van der Waals surface area contributed by atoms with Crippen molar-refractivity contribution < 1.29 is 18.9 Å². The summed E-state index contributed by atoms with van der Waals surface area (Å²) in [5, 5.41) is 2.58. The van der Waals surface area contributed by atoms with Crippen molar-refractivity contribution in [1.82, 2.24) is 0 Å². The van der Waals surface area contributed by atoms with Crippen LogP contribution in [0.2, 0.25) is 0 Å². The molecule has 0 radical (unpaired) electrons. The Bertz CT molecular complexity index is 741. The molecule has 0 unspecified atom stereocenters. The predicted octanol–water partition coefficient (Wildman–Crippen LogP) is 2.77. The Labute approximate surface area is 147 Å².